The first-order valence-electron chi connectivity index (χ1n) is 11.4. The van der Waals surface area contributed by atoms with Gasteiger partial charge in [0, 0.05) is 5.41 Å². The molecule has 2 aromatic heterocycles. The van der Waals surface area contributed by atoms with E-state index in [4.69, 9.17) is 0 Å². The van der Waals surface area contributed by atoms with Crippen molar-refractivity contribution in [3.63, 3.8) is 0 Å². The van der Waals surface area contributed by atoms with Gasteiger partial charge >= 0.3 is 0 Å². The fraction of sp³-hybridized carbons (Fsp3) is 0.519. The van der Waals surface area contributed by atoms with Crippen molar-refractivity contribution in [3.05, 3.63) is 65.2 Å². The Morgan fingerprint density at radius 3 is 2.21 bits per heavy atom. The van der Waals surface area contributed by atoms with Crippen LogP contribution in [0, 0.1) is 32.6 Å². The van der Waals surface area contributed by atoms with Gasteiger partial charge in [0.05, 0.1) is 0 Å². The lowest BCUT2D eigenvalue weighted by molar-refractivity contribution is -0.594. The number of benzene rings is 1. The summed E-state index contributed by atoms with van der Waals surface area (Å²) in [7, 11) is 0. The maximum Gasteiger partial charge on any atom is 0.254 e. The molecule has 4 rings (SSSR count). The SMILES string of the molecule is CCC1(c2cccc3c[n+](-c4c(C)cc(C)cc4C)cn23)CC(C)CCC(C)C1. The van der Waals surface area contributed by atoms with E-state index in [0.29, 0.717) is 0 Å². The van der Waals surface area contributed by atoms with Crippen molar-refractivity contribution in [1.29, 1.82) is 0 Å². The summed E-state index contributed by atoms with van der Waals surface area (Å²) in [5, 5.41) is 0. The highest BCUT2D eigenvalue weighted by Gasteiger charge is 2.40. The van der Waals surface area contributed by atoms with Crippen molar-refractivity contribution >= 4 is 5.52 Å². The first-order valence-corrected chi connectivity index (χ1v) is 11.4. The van der Waals surface area contributed by atoms with Gasteiger partial charge in [-0.3, -0.25) is 0 Å². The topological polar surface area (TPSA) is 8.29 Å². The van der Waals surface area contributed by atoms with Gasteiger partial charge in [-0.2, -0.15) is 4.40 Å². The molecule has 0 bridgehead atoms. The zero-order valence-corrected chi connectivity index (χ0v) is 19.1. The van der Waals surface area contributed by atoms with E-state index in [0.717, 1.165) is 11.8 Å². The Kier molecular flexibility index (Phi) is 5.31. The minimum absolute atomic E-state index is 0.267. The summed E-state index contributed by atoms with van der Waals surface area (Å²) in [6.07, 6.45) is 11.2. The lowest BCUT2D eigenvalue weighted by Gasteiger charge is -2.33. The lowest BCUT2D eigenvalue weighted by Crippen LogP contribution is -2.32. The van der Waals surface area contributed by atoms with Crippen LogP contribution in [0.2, 0.25) is 0 Å². The number of nitrogens with zero attached hydrogens (tertiary/aromatic N) is 2. The molecule has 29 heavy (non-hydrogen) atoms. The molecule has 2 unspecified atom stereocenters. The first-order chi connectivity index (χ1) is 13.8. The van der Waals surface area contributed by atoms with E-state index in [1.165, 1.54) is 65.7 Å². The number of aryl methyl sites for hydroxylation is 3. The van der Waals surface area contributed by atoms with Crippen LogP contribution < -0.4 is 4.57 Å². The normalized spacial score (nSPS) is 25.3. The number of aromatic nitrogens is 2. The van der Waals surface area contributed by atoms with Crippen LogP contribution in [0.3, 0.4) is 0 Å². The summed E-state index contributed by atoms with van der Waals surface area (Å²) in [5.74, 6) is 1.58. The van der Waals surface area contributed by atoms with Gasteiger partial charge in [0.25, 0.3) is 6.33 Å². The van der Waals surface area contributed by atoms with Gasteiger partial charge in [0.15, 0.2) is 5.52 Å². The van der Waals surface area contributed by atoms with Gasteiger partial charge in [0.2, 0.25) is 0 Å². The second-order valence-electron chi connectivity index (χ2n) is 9.93. The molecule has 2 nitrogen and oxygen atoms in total. The van der Waals surface area contributed by atoms with Gasteiger partial charge in [-0.15, -0.1) is 0 Å². The van der Waals surface area contributed by atoms with Crippen LogP contribution >= 0.6 is 0 Å². The molecule has 154 valence electrons. The van der Waals surface area contributed by atoms with E-state index in [2.05, 4.69) is 93.4 Å². The number of imidazole rings is 1. The molecule has 2 atom stereocenters. The summed E-state index contributed by atoms with van der Waals surface area (Å²) < 4.78 is 4.82. The highest BCUT2D eigenvalue weighted by Crippen LogP contribution is 2.45. The van der Waals surface area contributed by atoms with Crippen LogP contribution in [-0.4, -0.2) is 4.40 Å². The summed E-state index contributed by atoms with van der Waals surface area (Å²) >= 11 is 0. The molecule has 0 aliphatic heterocycles. The number of fused-ring (bicyclic) bond motifs is 1. The zero-order chi connectivity index (χ0) is 20.8. The molecule has 1 saturated carbocycles. The molecule has 0 spiro atoms. The van der Waals surface area contributed by atoms with E-state index in [9.17, 15) is 0 Å². The van der Waals surface area contributed by atoms with E-state index in [1.54, 1.807) is 0 Å². The highest BCUT2D eigenvalue weighted by atomic mass is 15.1. The maximum atomic E-state index is 2.48. The number of hydrogen-bond acceptors (Lipinski definition) is 0. The Morgan fingerprint density at radius 1 is 1.00 bits per heavy atom. The van der Waals surface area contributed by atoms with Crippen LogP contribution in [0.5, 0.6) is 0 Å². The monoisotopic (exact) mass is 389 g/mol. The van der Waals surface area contributed by atoms with Crippen molar-refractivity contribution in [1.82, 2.24) is 4.40 Å². The molecule has 0 radical (unpaired) electrons. The third-order valence-electron chi connectivity index (χ3n) is 7.31. The number of pyridine rings is 1. The third-order valence-corrected chi connectivity index (χ3v) is 7.31. The van der Waals surface area contributed by atoms with Gasteiger partial charge in [-0.1, -0.05) is 57.4 Å². The molecule has 1 aliphatic carbocycles. The molecule has 1 aliphatic rings. The van der Waals surface area contributed by atoms with E-state index >= 15 is 0 Å². The zero-order valence-electron chi connectivity index (χ0n) is 19.1. The Balaban J connectivity index is 1.89. The Morgan fingerprint density at radius 2 is 1.62 bits per heavy atom. The largest absolute Gasteiger partial charge is 0.254 e. The van der Waals surface area contributed by atoms with Crippen LogP contribution in [0.1, 0.15) is 75.3 Å². The first kappa shape index (κ1) is 20.2. The van der Waals surface area contributed by atoms with Crippen molar-refractivity contribution < 1.29 is 4.57 Å². The lowest BCUT2D eigenvalue weighted by atomic mass is 9.71. The minimum atomic E-state index is 0.267. The molecule has 2 heterocycles. The average molecular weight is 390 g/mol. The minimum Gasteiger partial charge on any atom is -0.201 e. The van der Waals surface area contributed by atoms with Crippen molar-refractivity contribution in [3.8, 4) is 5.69 Å². The van der Waals surface area contributed by atoms with Crippen LogP contribution in [0.25, 0.3) is 11.2 Å². The summed E-state index contributed by atoms with van der Waals surface area (Å²) in [6.45, 7) is 14.0. The molecule has 0 amide bonds. The molecule has 1 aromatic carbocycles. The molecular weight excluding hydrogens is 352 g/mol. The third kappa shape index (κ3) is 3.63. The summed E-state index contributed by atoms with van der Waals surface area (Å²) in [5.41, 5.74) is 8.39. The molecular formula is C27H37N2+. The smallest absolute Gasteiger partial charge is 0.201 e. The van der Waals surface area contributed by atoms with Gasteiger partial charge < -0.3 is 0 Å². The summed E-state index contributed by atoms with van der Waals surface area (Å²) in [4.78, 5) is 0. The van der Waals surface area contributed by atoms with Crippen LogP contribution in [0.4, 0.5) is 0 Å². The van der Waals surface area contributed by atoms with Crippen LogP contribution in [-0.2, 0) is 5.41 Å². The van der Waals surface area contributed by atoms with Gasteiger partial charge in [-0.25, -0.2) is 4.57 Å². The number of hydrogen-bond donors (Lipinski definition) is 0. The second kappa shape index (κ2) is 7.63. The maximum absolute atomic E-state index is 2.48. The molecule has 1 fully saturated rings. The predicted molar refractivity (Wildman–Crippen MR) is 122 cm³/mol. The second-order valence-corrected chi connectivity index (χ2v) is 9.93. The average Bonchev–Trinajstić information content (AvgIpc) is 3.01. The molecule has 0 N–H and O–H groups in total. The van der Waals surface area contributed by atoms with Gasteiger partial charge in [0.1, 0.15) is 17.6 Å². The molecule has 2 heteroatoms. The van der Waals surface area contributed by atoms with Crippen molar-refractivity contribution in [2.45, 2.75) is 79.1 Å². The standard InChI is InChI=1S/C27H37N2/c1-7-27(15-19(2)11-12-20(3)16-27)25-10-8-9-24-17-28(18-29(24)25)26-22(5)13-21(4)14-23(26)6/h8-10,13-14,17-20H,7,11-12,15-16H2,1-6H3/q+1. The van der Waals surface area contributed by atoms with E-state index in [1.807, 2.05) is 0 Å². The Labute approximate surface area is 176 Å². The fourth-order valence-corrected chi connectivity index (χ4v) is 6.08. The van der Waals surface area contributed by atoms with Crippen molar-refractivity contribution in [2.75, 3.05) is 0 Å². The molecule has 3 aromatic rings. The quantitative estimate of drug-likeness (QED) is 0.351. The Bertz CT molecular complexity index is 991. The highest BCUT2D eigenvalue weighted by molar-refractivity contribution is 5.48. The molecule has 0 saturated heterocycles. The van der Waals surface area contributed by atoms with Crippen molar-refractivity contribution in [2.24, 2.45) is 11.8 Å². The van der Waals surface area contributed by atoms with Gasteiger partial charge in [-0.05, 0) is 75.1 Å². The summed E-state index contributed by atoms with van der Waals surface area (Å²) in [6, 6.07) is 11.5. The Hall–Kier alpha value is -2.09. The number of rotatable bonds is 3. The predicted octanol–water partition coefficient (Wildman–Crippen LogP) is 6.64. The van der Waals surface area contributed by atoms with Crippen LogP contribution in [0.15, 0.2) is 42.9 Å². The fourth-order valence-electron chi connectivity index (χ4n) is 6.08. The van der Waals surface area contributed by atoms with E-state index < -0.39 is 0 Å². The van der Waals surface area contributed by atoms with E-state index in [-0.39, 0.29) is 5.41 Å².